The van der Waals surface area contributed by atoms with Crippen molar-refractivity contribution < 1.29 is 18.3 Å². The maximum absolute atomic E-state index is 13.9. The van der Waals surface area contributed by atoms with Crippen LogP contribution in [0.1, 0.15) is 21.6 Å². The highest BCUT2D eigenvalue weighted by molar-refractivity contribution is 9.10. The minimum Gasteiger partial charge on any atom is -0.453 e. The van der Waals surface area contributed by atoms with Crippen LogP contribution in [0.25, 0.3) is 0 Å². The van der Waals surface area contributed by atoms with Crippen molar-refractivity contribution in [3.63, 3.8) is 0 Å². The molecule has 0 atom stereocenters. The van der Waals surface area contributed by atoms with Crippen molar-refractivity contribution in [2.75, 3.05) is 13.1 Å². The Morgan fingerprint density at radius 3 is 2.48 bits per heavy atom. The molecule has 1 aromatic heterocycles. The van der Waals surface area contributed by atoms with Crippen molar-refractivity contribution in [3.8, 4) is 11.5 Å². The highest BCUT2D eigenvalue weighted by Gasteiger charge is 2.15. The molecular formula is C22H20BrF2N3O3. The van der Waals surface area contributed by atoms with Crippen LogP contribution in [-0.2, 0) is 6.54 Å². The minimum atomic E-state index is -0.871. The second-order valence-electron chi connectivity index (χ2n) is 6.77. The van der Waals surface area contributed by atoms with Crippen molar-refractivity contribution in [1.29, 1.82) is 0 Å². The van der Waals surface area contributed by atoms with Gasteiger partial charge in [-0.1, -0.05) is 12.1 Å². The van der Waals surface area contributed by atoms with Gasteiger partial charge in [-0.25, -0.2) is 8.78 Å². The number of amides is 1. The molecule has 0 unspecified atom stereocenters. The fourth-order valence-electron chi connectivity index (χ4n) is 2.89. The van der Waals surface area contributed by atoms with E-state index in [1.807, 2.05) is 0 Å². The number of aromatic nitrogens is 1. The van der Waals surface area contributed by atoms with Crippen LogP contribution in [0, 0.1) is 18.6 Å². The second kappa shape index (κ2) is 9.84. The molecule has 3 aromatic rings. The number of aryl methyl sites for hydroxylation is 1. The Morgan fingerprint density at radius 1 is 1.13 bits per heavy atom. The maximum Gasteiger partial charge on any atom is 0.269 e. The molecule has 0 spiro atoms. The third-order valence-electron chi connectivity index (χ3n) is 4.52. The van der Waals surface area contributed by atoms with E-state index in [4.69, 9.17) is 10.5 Å². The zero-order valence-corrected chi connectivity index (χ0v) is 18.2. The summed E-state index contributed by atoms with van der Waals surface area (Å²) >= 11 is 3.21. The number of rotatable bonds is 7. The topological polar surface area (TPSA) is 86.3 Å². The van der Waals surface area contributed by atoms with Gasteiger partial charge in [0.05, 0.1) is 6.54 Å². The summed E-state index contributed by atoms with van der Waals surface area (Å²) < 4.78 is 34.1. The summed E-state index contributed by atoms with van der Waals surface area (Å²) in [6, 6.07) is 11.4. The molecule has 162 valence electrons. The van der Waals surface area contributed by atoms with Gasteiger partial charge in [-0.3, -0.25) is 9.59 Å². The fourth-order valence-corrected chi connectivity index (χ4v) is 3.30. The van der Waals surface area contributed by atoms with Crippen LogP contribution in [0.5, 0.6) is 11.5 Å². The van der Waals surface area contributed by atoms with Crippen molar-refractivity contribution in [2.24, 2.45) is 5.73 Å². The first-order chi connectivity index (χ1) is 14.8. The highest BCUT2D eigenvalue weighted by atomic mass is 79.9. The van der Waals surface area contributed by atoms with E-state index < -0.39 is 11.6 Å². The Morgan fingerprint density at radius 2 is 1.84 bits per heavy atom. The second-order valence-corrected chi connectivity index (χ2v) is 7.57. The molecule has 0 aliphatic heterocycles. The van der Waals surface area contributed by atoms with Crippen LogP contribution < -0.4 is 21.3 Å². The van der Waals surface area contributed by atoms with E-state index in [9.17, 15) is 18.4 Å². The number of carbonyl (C=O) groups is 1. The van der Waals surface area contributed by atoms with Gasteiger partial charge in [0.1, 0.15) is 16.0 Å². The summed E-state index contributed by atoms with van der Waals surface area (Å²) in [5.74, 6) is -1.89. The molecule has 1 heterocycles. The lowest BCUT2D eigenvalue weighted by Crippen LogP contribution is -2.29. The molecule has 0 saturated carbocycles. The summed E-state index contributed by atoms with van der Waals surface area (Å²) in [6.45, 7) is 2.73. The average molecular weight is 492 g/mol. The van der Waals surface area contributed by atoms with Crippen molar-refractivity contribution in [1.82, 2.24) is 9.88 Å². The lowest BCUT2D eigenvalue weighted by Gasteiger charge is -2.15. The first kappa shape index (κ1) is 22.6. The van der Waals surface area contributed by atoms with Gasteiger partial charge < -0.3 is 20.4 Å². The van der Waals surface area contributed by atoms with E-state index in [0.29, 0.717) is 30.4 Å². The lowest BCUT2D eigenvalue weighted by atomic mass is 10.1. The van der Waals surface area contributed by atoms with E-state index in [1.54, 1.807) is 37.3 Å². The van der Waals surface area contributed by atoms with Crippen LogP contribution in [0.4, 0.5) is 8.78 Å². The third kappa shape index (κ3) is 5.36. The number of nitrogens with one attached hydrogen (secondary N) is 1. The zero-order valence-electron chi connectivity index (χ0n) is 16.6. The van der Waals surface area contributed by atoms with Crippen LogP contribution in [0.15, 0.2) is 57.8 Å². The largest absolute Gasteiger partial charge is 0.453 e. The van der Waals surface area contributed by atoms with Crippen molar-refractivity contribution >= 4 is 21.8 Å². The minimum absolute atomic E-state index is 0.111. The Hall–Kier alpha value is -3.04. The number of hydrogen-bond donors (Lipinski definition) is 2. The lowest BCUT2D eigenvalue weighted by molar-refractivity contribution is 0.0954. The predicted molar refractivity (Wildman–Crippen MR) is 117 cm³/mol. The zero-order chi connectivity index (χ0) is 22.5. The number of carbonyl (C=O) groups excluding carboxylic acids is 1. The van der Waals surface area contributed by atoms with Gasteiger partial charge in [-0.15, -0.1) is 0 Å². The van der Waals surface area contributed by atoms with Crippen LogP contribution in [-0.4, -0.2) is 23.6 Å². The molecule has 0 aliphatic carbocycles. The van der Waals surface area contributed by atoms with Gasteiger partial charge in [0.2, 0.25) is 0 Å². The predicted octanol–water partition coefficient (Wildman–Crippen LogP) is 3.73. The summed E-state index contributed by atoms with van der Waals surface area (Å²) in [5, 5.41) is 2.69. The molecule has 0 radical (unpaired) electrons. The summed E-state index contributed by atoms with van der Waals surface area (Å²) in [7, 11) is 0. The Bertz CT molecular complexity index is 1160. The Balaban J connectivity index is 1.82. The molecule has 1 amide bonds. The average Bonchev–Trinajstić information content (AvgIpc) is 2.75. The van der Waals surface area contributed by atoms with Crippen LogP contribution >= 0.6 is 15.9 Å². The van der Waals surface area contributed by atoms with Gasteiger partial charge in [-0.2, -0.15) is 0 Å². The van der Waals surface area contributed by atoms with E-state index >= 15 is 0 Å². The monoisotopic (exact) mass is 491 g/mol. The normalized spacial score (nSPS) is 10.7. The molecule has 0 aliphatic rings. The number of halogens is 3. The molecule has 9 heteroatoms. The van der Waals surface area contributed by atoms with Gasteiger partial charge in [-0.05, 0) is 52.7 Å². The highest BCUT2D eigenvalue weighted by Crippen LogP contribution is 2.30. The van der Waals surface area contributed by atoms with Gasteiger partial charge in [0.15, 0.2) is 11.6 Å². The smallest absolute Gasteiger partial charge is 0.269 e. The maximum atomic E-state index is 13.9. The quantitative estimate of drug-likeness (QED) is 0.527. The van der Waals surface area contributed by atoms with Crippen molar-refractivity contribution in [3.05, 3.63) is 91.8 Å². The number of hydrogen-bond acceptors (Lipinski definition) is 4. The van der Waals surface area contributed by atoms with E-state index in [2.05, 4.69) is 21.2 Å². The van der Waals surface area contributed by atoms with Gasteiger partial charge in [0.25, 0.3) is 11.5 Å². The summed E-state index contributed by atoms with van der Waals surface area (Å²) in [6.07, 6.45) is 0. The van der Waals surface area contributed by atoms with Crippen molar-refractivity contribution in [2.45, 2.75) is 13.5 Å². The molecule has 0 saturated heterocycles. The molecule has 3 N–H and O–H groups in total. The Labute approximate surface area is 185 Å². The molecule has 2 aromatic carbocycles. The molecule has 3 rings (SSSR count). The van der Waals surface area contributed by atoms with Gasteiger partial charge >= 0.3 is 0 Å². The number of benzene rings is 2. The van der Waals surface area contributed by atoms with Gasteiger partial charge in [0, 0.05) is 36.5 Å². The number of ether oxygens (including phenoxy) is 1. The van der Waals surface area contributed by atoms with E-state index in [-0.39, 0.29) is 34.0 Å². The van der Waals surface area contributed by atoms with Crippen LogP contribution in [0.2, 0.25) is 0 Å². The number of pyridine rings is 1. The molecular weight excluding hydrogens is 472 g/mol. The fraction of sp³-hybridized carbons (Fsp3) is 0.182. The first-order valence-corrected chi connectivity index (χ1v) is 10.2. The Kier molecular flexibility index (Phi) is 7.19. The van der Waals surface area contributed by atoms with Crippen LogP contribution in [0.3, 0.4) is 0 Å². The third-order valence-corrected chi connectivity index (χ3v) is 5.25. The molecule has 31 heavy (non-hydrogen) atoms. The SMILES string of the molecule is Cc1cc(Oc2ccc(F)cc2F)c(Br)c(=O)n1Cc1ccc(C(=O)NCCN)cc1. The number of nitrogens with zero attached hydrogens (tertiary/aromatic N) is 1. The standard InChI is InChI=1S/C22H20BrF2N3O3/c1-13-10-19(31-18-7-6-16(24)11-17(18)25)20(23)22(30)28(13)12-14-2-4-15(5-3-14)21(29)27-9-8-26/h2-7,10-11H,8-9,12,26H2,1H3,(H,27,29). The van der Waals surface area contributed by atoms with E-state index in [1.165, 1.54) is 4.57 Å². The molecule has 6 nitrogen and oxygen atoms in total. The van der Waals surface area contributed by atoms with E-state index in [0.717, 1.165) is 17.7 Å². The first-order valence-electron chi connectivity index (χ1n) is 9.40. The molecule has 0 fully saturated rings. The number of nitrogens with two attached hydrogens (primary N) is 1. The summed E-state index contributed by atoms with van der Waals surface area (Å²) in [4.78, 5) is 24.8. The molecule has 0 bridgehead atoms. The summed E-state index contributed by atoms with van der Waals surface area (Å²) in [5.41, 5.74) is 6.89.